The quantitative estimate of drug-likeness (QED) is 0.351. The van der Waals surface area contributed by atoms with Gasteiger partial charge in [-0.2, -0.15) is 0 Å². The Morgan fingerprint density at radius 1 is 1.21 bits per heavy atom. The maximum absolute atomic E-state index is 4.50. The van der Waals surface area contributed by atoms with Crippen molar-refractivity contribution in [3.8, 4) is 0 Å². The molecule has 2 N–H and O–H groups in total. The van der Waals surface area contributed by atoms with E-state index in [9.17, 15) is 0 Å². The van der Waals surface area contributed by atoms with Crippen LogP contribution in [0, 0.1) is 13.8 Å². The topological polar surface area (TPSA) is 52.6 Å². The molecule has 0 spiro atoms. The molecule has 0 saturated carbocycles. The number of thiazole rings is 1. The van der Waals surface area contributed by atoms with Gasteiger partial charge in [-0.1, -0.05) is 30.3 Å². The summed E-state index contributed by atoms with van der Waals surface area (Å²) >= 11 is 1.79. The van der Waals surface area contributed by atoms with Crippen LogP contribution in [0.5, 0.6) is 0 Å². The summed E-state index contributed by atoms with van der Waals surface area (Å²) in [5.41, 5.74) is 2.56. The standard InChI is InChI=1S/C21H31N5S.HI/c1-16-20(27-17(2)24-16)9-12-23-21(22-3)25-19-10-13-26(14-11-19)15-18-7-5-4-6-8-18;/h4-8,19H,9-15H2,1-3H3,(H2,22,23,25);1H. The van der Waals surface area contributed by atoms with E-state index >= 15 is 0 Å². The molecule has 1 aromatic carbocycles. The van der Waals surface area contributed by atoms with Gasteiger partial charge in [0.2, 0.25) is 0 Å². The highest BCUT2D eigenvalue weighted by Crippen LogP contribution is 2.17. The summed E-state index contributed by atoms with van der Waals surface area (Å²) in [5, 5.41) is 8.20. The number of aryl methyl sites for hydroxylation is 2. The summed E-state index contributed by atoms with van der Waals surface area (Å²) in [6, 6.07) is 11.2. The number of halogens is 1. The molecule has 1 aromatic heterocycles. The maximum atomic E-state index is 4.50. The molecular weight excluding hydrogens is 481 g/mol. The Morgan fingerprint density at radius 2 is 1.93 bits per heavy atom. The van der Waals surface area contributed by atoms with Crippen molar-refractivity contribution in [3.63, 3.8) is 0 Å². The zero-order chi connectivity index (χ0) is 19.1. The Morgan fingerprint density at radius 3 is 2.54 bits per heavy atom. The second kappa shape index (κ2) is 11.7. The van der Waals surface area contributed by atoms with Crippen molar-refractivity contribution in [2.45, 2.75) is 45.7 Å². The van der Waals surface area contributed by atoms with E-state index in [1.807, 2.05) is 7.05 Å². The zero-order valence-corrected chi connectivity index (χ0v) is 20.2. The lowest BCUT2D eigenvalue weighted by molar-refractivity contribution is 0.198. The number of nitrogens with zero attached hydrogens (tertiary/aromatic N) is 3. The van der Waals surface area contributed by atoms with Crippen LogP contribution in [0.25, 0.3) is 0 Å². The van der Waals surface area contributed by atoms with Gasteiger partial charge in [0.1, 0.15) is 0 Å². The molecule has 1 aliphatic rings. The molecule has 0 unspecified atom stereocenters. The minimum absolute atomic E-state index is 0. The fourth-order valence-corrected chi connectivity index (χ4v) is 4.50. The Balaban J connectivity index is 0.00000280. The van der Waals surface area contributed by atoms with Gasteiger partial charge in [-0.05, 0) is 32.3 Å². The highest BCUT2D eigenvalue weighted by atomic mass is 127. The first-order chi connectivity index (χ1) is 13.1. The molecular formula is C21H32IN5S. The molecule has 7 heteroatoms. The van der Waals surface area contributed by atoms with Gasteiger partial charge in [-0.15, -0.1) is 35.3 Å². The molecule has 2 heterocycles. The van der Waals surface area contributed by atoms with E-state index in [-0.39, 0.29) is 24.0 Å². The van der Waals surface area contributed by atoms with E-state index in [4.69, 9.17) is 0 Å². The Bertz CT molecular complexity index is 739. The van der Waals surface area contributed by atoms with Gasteiger partial charge >= 0.3 is 0 Å². The Hall–Kier alpha value is -1.19. The molecule has 28 heavy (non-hydrogen) atoms. The number of benzene rings is 1. The molecule has 0 bridgehead atoms. The lowest BCUT2D eigenvalue weighted by Crippen LogP contribution is -2.48. The predicted octanol–water partition coefficient (Wildman–Crippen LogP) is 3.75. The minimum Gasteiger partial charge on any atom is -0.356 e. The fourth-order valence-electron chi connectivity index (χ4n) is 3.56. The number of rotatable bonds is 6. The van der Waals surface area contributed by atoms with Gasteiger partial charge in [-0.3, -0.25) is 9.89 Å². The molecule has 154 valence electrons. The number of hydrogen-bond acceptors (Lipinski definition) is 4. The van der Waals surface area contributed by atoms with Crippen LogP contribution in [0.15, 0.2) is 35.3 Å². The number of guanidine groups is 1. The lowest BCUT2D eigenvalue weighted by atomic mass is 10.0. The van der Waals surface area contributed by atoms with E-state index in [1.54, 1.807) is 11.3 Å². The first-order valence-electron chi connectivity index (χ1n) is 9.80. The monoisotopic (exact) mass is 513 g/mol. The van der Waals surface area contributed by atoms with Crippen LogP contribution in [0.1, 0.15) is 34.0 Å². The van der Waals surface area contributed by atoms with Crippen LogP contribution in [0.2, 0.25) is 0 Å². The molecule has 0 amide bonds. The van der Waals surface area contributed by atoms with E-state index in [1.165, 1.54) is 10.4 Å². The van der Waals surface area contributed by atoms with Gasteiger partial charge < -0.3 is 10.6 Å². The Labute approximate surface area is 190 Å². The van der Waals surface area contributed by atoms with Crippen LogP contribution in [-0.4, -0.2) is 48.6 Å². The summed E-state index contributed by atoms with van der Waals surface area (Å²) in [6.45, 7) is 8.35. The van der Waals surface area contributed by atoms with Crippen molar-refractivity contribution in [2.75, 3.05) is 26.7 Å². The van der Waals surface area contributed by atoms with Crippen molar-refractivity contribution < 1.29 is 0 Å². The smallest absolute Gasteiger partial charge is 0.191 e. The number of hydrogen-bond donors (Lipinski definition) is 2. The fraction of sp³-hybridized carbons (Fsp3) is 0.524. The number of likely N-dealkylation sites (tertiary alicyclic amines) is 1. The third-order valence-corrected chi connectivity index (χ3v) is 6.18. The lowest BCUT2D eigenvalue weighted by Gasteiger charge is -2.33. The van der Waals surface area contributed by atoms with Crippen LogP contribution < -0.4 is 10.6 Å². The second-order valence-corrected chi connectivity index (χ2v) is 8.46. The molecule has 0 radical (unpaired) electrons. The molecule has 0 atom stereocenters. The van der Waals surface area contributed by atoms with Crippen LogP contribution in [0.3, 0.4) is 0 Å². The van der Waals surface area contributed by atoms with E-state index < -0.39 is 0 Å². The molecule has 5 nitrogen and oxygen atoms in total. The van der Waals surface area contributed by atoms with Crippen LogP contribution >= 0.6 is 35.3 Å². The zero-order valence-electron chi connectivity index (χ0n) is 17.1. The summed E-state index contributed by atoms with van der Waals surface area (Å²) in [7, 11) is 1.85. The average Bonchev–Trinajstić information content (AvgIpc) is 3.00. The predicted molar refractivity (Wildman–Crippen MR) is 130 cm³/mol. The molecule has 3 rings (SSSR count). The summed E-state index contributed by atoms with van der Waals surface area (Å²) in [4.78, 5) is 12.8. The maximum Gasteiger partial charge on any atom is 0.191 e. The van der Waals surface area contributed by atoms with Crippen molar-refractivity contribution in [1.82, 2.24) is 20.5 Å². The summed E-state index contributed by atoms with van der Waals surface area (Å²) < 4.78 is 0. The summed E-state index contributed by atoms with van der Waals surface area (Å²) in [5.74, 6) is 0.912. The highest BCUT2D eigenvalue weighted by Gasteiger charge is 2.20. The van der Waals surface area contributed by atoms with Crippen molar-refractivity contribution in [3.05, 3.63) is 51.5 Å². The number of aromatic nitrogens is 1. The summed E-state index contributed by atoms with van der Waals surface area (Å²) in [6.07, 6.45) is 3.30. The van der Waals surface area contributed by atoms with Gasteiger partial charge in [0.25, 0.3) is 0 Å². The van der Waals surface area contributed by atoms with Gasteiger partial charge in [0, 0.05) is 50.6 Å². The second-order valence-electron chi connectivity index (χ2n) is 7.17. The first-order valence-corrected chi connectivity index (χ1v) is 10.6. The molecule has 1 aliphatic heterocycles. The van der Waals surface area contributed by atoms with Crippen molar-refractivity contribution >= 4 is 41.3 Å². The minimum atomic E-state index is 0. The van der Waals surface area contributed by atoms with Crippen molar-refractivity contribution in [2.24, 2.45) is 4.99 Å². The Kier molecular flexibility index (Phi) is 9.67. The third-order valence-electron chi connectivity index (χ3n) is 5.05. The van der Waals surface area contributed by atoms with Gasteiger partial charge in [0.05, 0.1) is 10.7 Å². The van der Waals surface area contributed by atoms with Gasteiger partial charge in [-0.25, -0.2) is 4.98 Å². The molecule has 1 saturated heterocycles. The van der Waals surface area contributed by atoms with E-state index in [0.717, 1.165) is 62.1 Å². The van der Waals surface area contributed by atoms with E-state index in [0.29, 0.717) is 6.04 Å². The SMILES string of the molecule is CN=C(NCCc1sc(C)nc1C)NC1CCN(Cc2ccccc2)CC1.I. The van der Waals surface area contributed by atoms with Crippen molar-refractivity contribution in [1.29, 1.82) is 0 Å². The highest BCUT2D eigenvalue weighted by molar-refractivity contribution is 14.0. The van der Waals surface area contributed by atoms with Crippen LogP contribution in [-0.2, 0) is 13.0 Å². The number of aliphatic imine (C=N–C) groups is 1. The number of nitrogens with one attached hydrogen (secondary N) is 2. The third kappa shape index (κ3) is 7.00. The molecule has 1 fully saturated rings. The first kappa shape index (κ1) is 23.1. The van der Waals surface area contributed by atoms with E-state index in [2.05, 4.69) is 69.7 Å². The normalized spacial score (nSPS) is 15.9. The number of piperidine rings is 1. The van der Waals surface area contributed by atoms with Gasteiger partial charge in [0.15, 0.2) is 5.96 Å². The average molecular weight is 513 g/mol. The van der Waals surface area contributed by atoms with Crippen LogP contribution in [0.4, 0.5) is 0 Å². The molecule has 0 aliphatic carbocycles. The largest absolute Gasteiger partial charge is 0.356 e. The molecule has 2 aromatic rings.